The smallest absolute Gasteiger partial charge is 0.0944 e. The topological polar surface area (TPSA) is 34.1 Å². The average Bonchev–Trinajstić information content (AvgIpc) is 2.85. The maximum absolute atomic E-state index is 6.31. The van der Waals surface area contributed by atoms with Crippen LogP contribution >= 0.6 is 11.3 Å². The van der Waals surface area contributed by atoms with Crippen molar-refractivity contribution in [1.29, 1.82) is 0 Å². The van der Waals surface area contributed by atoms with Crippen LogP contribution < -0.4 is 5.32 Å². The highest BCUT2D eigenvalue weighted by molar-refractivity contribution is 7.09. The van der Waals surface area contributed by atoms with Crippen LogP contribution in [0.2, 0.25) is 0 Å². The molecule has 1 aromatic heterocycles. The van der Waals surface area contributed by atoms with E-state index < -0.39 is 0 Å². The van der Waals surface area contributed by atoms with Gasteiger partial charge >= 0.3 is 0 Å². The van der Waals surface area contributed by atoms with Gasteiger partial charge < -0.3 is 10.1 Å². The molecule has 3 nitrogen and oxygen atoms in total. The van der Waals surface area contributed by atoms with E-state index in [9.17, 15) is 0 Å². The quantitative estimate of drug-likeness (QED) is 0.863. The first-order valence-corrected chi connectivity index (χ1v) is 9.01. The molecule has 1 heterocycles. The summed E-state index contributed by atoms with van der Waals surface area (Å²) >= 11 is 1.77. The van der Waals surface area contributed by atoms with Crippen LogP contribution in [0.15, 0.2) is 5.38 Å². The van der Waals surface area contributed by atoms with E-state index in [1.165, 1.54) is 17.8 Å². The molecule has 0 aliphatic heterocycles. The van der Waals surface area contributed by atoms with Crippen LogP contribution in [0.1, 0.15) is 57.2 Å². The number of nitrogens with zero attached hydrogens (tertiary/aromatic N) is 1. The molecule has 1 fully saturated rings. The van der Waals surface area contributed by atoms with Gasteiger partial charge in [-0.1, -0.05) is 13.8 Å². The van der Waals surface area contributed by atoms with Crippen molar-refractivity contribution in [2.75, 3.05) is 13.7 Å². The van der Waals surface area contributed by atoms with E-state index in [-0.39, 0.29) is 5.60 Å². The number of hydrogen-bond donors (Lipinski definition) is 1. The number of aromatic nitrogens is 1. The first-order chi connectivity index (χ1) is 9.91. The van der Waals surface area contributed by atoms with Crippen molar-refractivity contribution in [3.05, 3.63) is 16.1 Å². The summed E-state index contributed by atoms with van der Waals surface area (Å²) in [4.78, 5) is 4.64. The predicted octanol–water partition coefficient (Wildman–Crippen LogP) is 3.96. The lowest BCUT2D eigenvalue weighted by atomic mass is 9.68. The van der Waals surface area contributed by atoms with Crippen LogP contribution in [-0.2, 0) is 11.2 Å². The van der Waals surface area contributed by atoms with Gasteiger partial charge in [0, 0.05) is 30.1 Å². The summed E-state index contributed by atoms with van der Waals surface area (Å²) in [5.74, 6) is 0. The average molecular weight is 311 g/mol. The van der Waals surface area contributed by atoms with E-state index in [0.717, 1.165) is 31.6 Å². The highest BCUT2D eigenvalue weighted by atomic mass is 32.1. The Morgan fingerprint density at radius 1 is 1.33 bits per heavy atom. The third-order valence-electron chi connectivity index (χ3n) is 4.91. The number of aryl methyl sites for hydroxylation is 1. The monoisotopic (exact) mass is 310 g/mol. The summed E-state index contributed by atoms with van der Waals surface area (Å²) in [5.41, 5.74) is 1.55. The Balaban J connectivity index is 2.14. The van der Waals surface area contributed by atoms with Crippen LogP contribution in [0.5, 0.6) is 0 Å². The van der Waals surface area contributed by atoms with Crippen molar-refractivity contribution < 1.29 is 4.74 Å². The zero-order valence-corrected chi connectivity index (χ0v) is 15.0. The molecule has 1 N–H and O–H groups in total. The van der Waals surface area contributed by atoms with Gasteiger partial charge in [-0.15, -0.1) is 11.3 Å². The molecule has 1 unspecified atom stereocenters. The molecule has 1 aliphatic carbocycles. The molecular weight excluding hydrogens is 280 g/mol. The lowest BCUT2D eigenvalue weighted by Crippen LogP contribution is -2.55. The van der Waals surface area contributed by atoms with E-state index in [2.05, 4.69) is 50.4 Å². The van der Waals surface area contributed by atoms with Crippen molar-refractivity contribution in [1.82, 2.24) is 10.3 Å². The van der Waals surface area contributed by atoms with Crippen LogP contribution in [0.25, 0.3) is 0 Å². The van der Waals surface area contributed by atoms with Crippen LogP contribution in [0, 0.1) is 12.3 Å². The Kier molecular flexibility index (Phi) is 5.44. The molecule has 4 heteroatoms. The van der Waals surface area contributed by atoms with Gasteiger partial charge in [0.1, 0.15) is 0 Å². The third-order valence-corrected chi connectivity index (χ3v) is 5.90. The Labute approximate surface area is 133 Å². The molecule has 0 aromatic carbocycles. The van der Waals surface area contributed by atoms with Gasteiger partial charge in [-0.25, -0.2) is 4.98 Å². The van der Waals surface area contributed by atoms with E-state index in [1.807, 2.05) is 0 Å². The molecule has 0 spiro atoms. The minimum Gasteiger partial charge on any atom is -0.374 e. The van der Waals surface area contributed by atoms with Crippen molar-refractivity contribution >= 4 is 11.3 Å². The van der Waals surface area contributed by atoms with E-state index in [0.29, 0.717) is 11.5 Å². The first kappa shape index (κ1) is 16.9. The van der Waals surface area contributed by atoms with Crippen molar-refractivity contribution in [3.63, 3.8) is 0 Å². The summed E-state index contributed by atoms with van der Waals surface area (Å²) < 4.78 is 6.31. The zero-order valence-electron chi connectivity index (χ0n) is 14.2. The third kappa shape index (κ3) is 4.05. The SMILES string of the molecule is CCOC1(C(Cc2nc(C)cs2)NC)CCC(C)(C)CC1. The van der Waals surface area contributed by atoms with Crippen LogP contribution in [0.3, 0.4) is 0 Å². The number of ether oxygens (including phenoxy) is 1. The number of nitrogens with one attached hydrogen (secondary N) is 1. The number of likely N-dealkylation sites (N-methyl/N-ethyl adjacent to an activating group) is 1. The van der Waals surface area contributed by atoms with Gasteiger partial charge in [0.15, 0.2) is 0 Å². The van der Waals surface area contributed by atoms with Crippen molar-refractivity contribution in [2.24, 2.45) is 5.41 Å². The van der Waals surface area contributed by atoms with Gasteiger partial charge in [-0.05, 0) is 52.0 Å². The Bertz CT molecular complexity index is 445. The highest BCUT2D eigenvalue weighted by Gasteiger charge is 2.44. The second-order valence-corrected chi connectivity index (χ2v) is 8.03. The zero-order chi connectivity index (χ0) is 15.5. The Morgan fingerprint density at radius 2 is 2.00 bits per heavy atom. The number of thiazole rings is 1. The van der Waals surface area contributed by atoms with E-state index in [1.54, 1.807) is 11.3 Å². The second kappa shape index (κ2) is 6.76. The fourth-order valence-electron chi connectivity index (χ4n) is 3.45. The van der Waals surface area contributed by atoms with Gasteiger partial charge in [0.2, 0.25) is 0 Å². The fraction of sp³-hybridized carbons (Fsp3) is 0.824. The standard InChI is InChI=1S/C17H30N2OS/c1-6-20-17(9-7-16(3,4)8-10-17)14(18-5)11-15-19-13(2)12-21-15/h12,14,18H,6-11H2,1-5H3. The fourth-order valence-corrected chi connectivity index (χ4v) is 4.27. The number of rotatable bonds is 6. The Hall–Kier alpha value is -0.450. The summed E-state index contributed by atoms with van der Waals surface area (Å²) in [6, 6.07) is 0.346. The first-order valence-electron chi connectivity index (χ1n) is 8.13. The normalized spacial score (nSPS) is 22.1. The van der Waals surface area contributed by atoms with Gasteiger partial charge in [0.25, 0.3) is 0 Å². The molecule has 1 aromatic rings. The summed E-state index contributed by atoms with van der Waals surface area (Å²) in [5, 5.41) is 6.88. The molecule has 2 rings (SSSR count). The van der Waals surface area contributed by atoms with Crippen molar-refractivity contribution in [3.8, 4) is 0 Å². The van der Waals surface area contributed by atoms with Crippen molar-refractivity contribution in [2.45, 2.75) is 71.4 Å². The molecule has 0 saturated heterocycles. The summed E-state index contributed by atoms with van der Waals surface area (Å²) in [6.07, 6.45) is 5.73. The minimum atomic E-state index is -0.0292. The lowest BCUT2D eigenvalue weighted by molar-refractivity contribution is -0.105. The predicted molar refractivity (Wildman–Crippen MR) is 90.0 cm³/mol. The lowest BCUT2D eigenvalue weighted by Gasteiger charge is -2.47. The summed E-state index contributed by atoms with van der Waals surface area (Å²) in [7, 11) is 2.06. The molecule has 0 radical (unpaired) electrons. The molecule has 1 atom stereocenters. The molecule has 120 valence electrons. The number of hydrogen-bond acceptors (Lipinski definition) is 4. The van der Waals surface area contributed by atoms with E-state index in [4.69, 9.17) is 4.74 Å². The molecular formula is C17H30N2OS. The second-order valence-electron chi connectivity index (χ2n) is 7.09. The van der Waals surface area contributed by atoms with Gasteiger partial charge in [-0.2, -0.15) is 0 Å². The Morgan fingerprint density at radius 3 is 2.48 bits per heavy atom. The van der Waals surface area contributed by atoms with Crippen LogP contribution in [0.4, 0.5) is 0 Å². The van der Waals surface area contributed by atoms with Crippen LogP contribution in [-0.4, -0.2) is 30.3 Å². The van der Waals surface area contributed by atoms with E-state index >= 15 is 0 Å². The maximum atomic E-state index is 6.31. The summed E-state index contributed by atoms with van der Waals surface area (Å²) in [6.45, 7) is 9.72. The molecule has 1 aliphatic rings. The maximum Gasteiger partial charge on any atom is 0.0944 e. The van der Waals surface area contributed by atoms with Gasteiger partial charge in [-0.3, -0.25) is 0 Å². The molecule has 21 heavy (non-hydrogen) atoms. The van der Waals surface area contributed by atoms with Gasteiger partial charge in [0.05, 0.1) is 10.6 Å². The highest BCUT2D eigenvalue weighted by Crippen LogP contribution is 2.44. The molecule has 0 amide bonds. The molecule has 0 bridgehead atoms. The molecule has 1 saturated carbocycles. The largest absolute Gasteiger partial charge is 0.374 e. The minimum absolute atomic E-state index is 0.0292.